The Bertz CT molecular complexity index is 1650. The van der Waals surface area contributed by atoms with E-state index < -0.39 is 0 Å². The Morgan fingerprint density at radius 2 is 1.74 bits per heavy atom. The van der Waals surface area contributed by atoms with Crippen molar-refractivity contribution in [2.45, 2.75) is 45.8 Å². The minimum atomic E-state index is 0.325. The van der Waals surface area contributed by atoms with Crippen LogP contribution in [0.4, 0.5) is 5.13 Å². The largest absolute Gasteiger partial charge is 0.493 e. The van der Waals surface area contributed by atoms with Gasteiger partial charge in [0.25, 0.3) is 0 Å². The Balaban J connectivity index is 1.14. The van der Waals surface area contributed by atoms with Gasteiger partial charge in [0, 0.05) is 30.0 Å². The van der Waals surface area contributed by atoms with Crippen LogP contribution in [-0.4, -0.2) is 39.9 Å². The highest BCUT2D eigenvalue weighted by molar-refractivity contribution is 7.13. The van der Waals surface area contributed by atoms with Gasteiger partial charge < -0.3 is 19.1 Å². The number of nitrogens with zero attached hydrogens (tertiary/aromatic N) is 5. The van der Waals surface area contributed by atoms with Crippen molar-refractivity contribution in [3.05, 3.63) is 93.0 Å². The van der Waals surface area contributed by atoms with E-state index >= 15 is 0 Å². The number of aromatic nitrogens is 4. The van der Waals surface area contributed by atoms with Crippen LogP contribution in [0.2, 0.25) is 0 Å². The summed E-state index contributed by atoms with van der Waals surface area (Å²) in [6, 6.07) is 15.9. The fraction of sp³-hybridized carbons (Fsp3) is 0.303. The molecule has 0 radical (unpaired) electrons. The molecule has 1 aliphatic heterocycles. The van der Waals surface area contributed by atoms with Gasteiger partial charge >= 0.3 is 0 Å². The number of rotatable bonds is 12. The van der Waals surface area contributed by atoms with Gasteiger partial charge in [0.2, 0.25) is 5.88 Å². The second-order valence-electron chi connectivity index (χ2n) is 10.3. The van der Waals surface area contributed by atoms with Crippen LogP contribution in [0.1, 0.15) is 53.7 Å². The van der Waals surface area contributed by atoms with E-state index in [0.29, 0.717) is 30.6 Å². The highest BCUT2D eigenvalue weighted by Crippen LogP contribution is 2.31. The maximum atomic E-state index is 6.26. The number of methoxy groups -OCH3 is 1. The topological polar surface area (TPSA) is 74.5 Å². The summed E-state index contributed by atoms with van der Waals surface area (Å²) in [6.07, 6.45) is 10.7. The van der Waals surface area contributed by atoms with Gasteiger partial charge in [-0.15, -0.1) is 27.8 Å². The van der Waals surface area contributed by atoms with E-state index in [0.717, 1.165) is 57.9 Å². The maximum Gasteiger partial charge on any atom is 0.240 e. The third-order valence-corrected chi connectivity index (χ3v) is 9.14. The van der Waals surface area contributed by atoms with Crippen molar-refractivity contribution in [3.8, 4) is 23.1 Å². The molecule has 5 aromatic rings. The molecule has 0 aliphatic carbocycles. The van der Waals surface area contributed by atoms with E-state index in [4.69, 9.17) is 24.3 Å². The van der Waals surface area contributed by atoms with E-state index in [1.54, 1.807) is 29.8 Å². The molecule has 0 unspecified atom stereocenters. The minimum Gasteiger partial charge on any atom is -0.493 e. The number of thiazole rings is 2. The van der Waals surface area contributed by atoms with E-state index in [1.165, 1.54) is 19.3 Å². The first-order valence-corrected chi connectivity index (χ1v) is 16.3. The summed E-state index contributed by atoms with van der Waals surface area (Å²) in [5, 5.41) is 11.1. The molecule has 3 aromatic heterocycles. The Labute approximate surface area is 260 Å². The molecule has 1 aliphatic rings. The standard InChI is InChI=1S/C33H35N5O3S2/c1-3-31-34-26(22-42-31)14-13-25-19-38(28-10-6-4-7-11-28)36-32(25)41-20-24-12-15-29(30(18-24)39-2)40-21-27-23-43-33(35-27)37-16-8-5-9-17-37/h4,6-7,10-15,18-19,22-23H,3,5,8-9,16-17,20-21H2,1-2H3/b14-13+. The fourth-order valence-electron chi connectivity index (χ4n) is 4.87. The predicted octanol–water partition coefficient (Wildman–Crippen LogP) is 7.68. The number of aryl methyl sites for hydroxylation is 1. The monoisotopic (exact) mass is 613 g/mol. The number of hydrogen-bond donors (Lipinski definition) is 0. The Morgan fingerprint density at radius 1 is 0.884 bits per heavy atom. The molecular formula is C33H35N5O3S2. The zero-order valence-corrected chi connectivity index (χ0v) is 26.1. The highest BCUT2D eigenvalue weighted by Gasteiger charge is 2.16. The average Bonchev–Trinajstić information content (AvgIpc) is 3.83. The van der Waals surface area contributed by atoms with Crippen LogP contribution in [0.5, 0.6) is 17.4 Å². The van der Waals surface area contributed by atoms with Gasteiger partial charge in [-0.3, -0.25) is 0 Å². The van der Waals surface area contributed by atoms with E-state index in [1.807, 2.05) is 71.6 Å². The van der Waals surface area contributed by atoms with Crippen molar-refractivity contribution >= 4 is 40.0 Å². The normalized spacial score (nSPS) is 13.5. The lowest BCUT2D eigenvalue weighted by Gasteiger charge is -2.25. The number of ether oxygens (including phenoxy) is 3. The average molecular weight is 614 g/mol. The van der Waals surface area contributed by atoms with E-state index in [9.17, 15) is 0 Å². The second kappa shape index (κ2) is 13.9. The van der Waals surface area contributed by atoms with Gasteiger partial charge in [0.15, 0.2) is 16.6 Å². The molecule has 4 heterocycles. The van der Waals surface area contributed by atoms with Crippen molar-refractivity contribution in [3.63, 3.8) is 0 Å². The molecule has 0 atom stereocenters. The van der Waals surface area contributed by atoms with Gasteiger partial charge in [0.05, 0.1) is 34.8 Å². The first kappa shape index (κ1) is 28.9. The molecule has 10 heteroatoms. The molecule has 8 nitrogen and oxygen atoms in total. The Kier molecular flexibility index (Phi) is 9.34. The van der Waals surface area contributed by atoms with Gasteiger partial charge in [-0.25, -0.2) is 14.6 Å². The van der Waals surface area contributed by atoms with Gasteiger partial charge in [-0.05, 0) is 67.7 Å². The summed E-state index contributed by atoms with van der Waals surface area (Å²) in [4.78, 5) is 11.8. The molecule has 222 valence electrons. The minimum absolute atomic E-state index is 0.325. The molecule has 1 fully saturated rings. The van der Waals surface area contributed by atoms with Crippen LogP contribution in [0.25, 0.3) is 17.8 Å². The predicted molar refractivity (Wildman–Crippen MR) is 174 cm³/mol. The summed E-state index contributed by atoms with van der Waals surface area (Å²) in [5.74, 6) is 1.86. The maximum absolute atomic E-state index is 6.26. The smallest absolute Gasteiger partial charge is 0.240 e. The summed E-state index contributed by atoms with van der Waals surface area (Å²) >= 11 is 3.36. The lowest BCUT2D eigenvalue weighted by Crippen LogP contribution is -2.29. The second-order valence-corrected chi connectivity index (χ2v) is 12.0. The lowest BCUT2D eigenvalue weighted by molar-refractivity contribution is 0.276. The molecule has 0 N–H and O–H groups in total. The molecule has 0 bridgehead atoms. The number of anilines is 1. The lowest BCUT2D eigenvalue weighted by atomic mass is 10.1. The molecule has 2 aromatic carbocycles. The van der Waals surface area contributed by atoms with Crippen molar-refractivity contribution in [2.75, 3.05) is 25.1 Å². The van der Waals surface area contributed by atoms with Crippen LogP contribution in [0, 0.1) is 0 Å². The van der Waals surface area contributed by atoms with E-state index in [-0.39, 0.29) is 0 Å². The zero-order chi connectivity index (χ0) is 29.4. The number of para-hydroxylation sites is 1. The van der Waals surface area contributed by atoms with Crippen LogP contribution in [0.3, 0.4) is 0 Å². The van der Waals surface area contributed by atoms with Crippen LogP contribution in [-0.2, 0) is 19.6 Å². The van der Waals surface area contributed by atoms with Gasteiger partial charge in [-0.1, -0.05) is 31.2 Å². The third-order valence-electron chi connectivity index (χ3n) is 7.18. The number of piperidine rings is 1. The molecule has 6 rings (SSSR count). The van der Waals surface area contributed by atoms with Gasteiger partial charge in [0.1, 0.15) is 13.2 Å². The molecule has 0 saturated carbocycles. The molecule has 0 spiro atoms. The molecular weight excluding hydrogens is 579 g/mol. The van der Waals surface area contributed by atoms with Crippen molar-refractivity contribution in [1.82, 2.24) is 19.7 Å². The SMILES string of the molecule is CCc1nc(/C=C/c2cn(-c3ccccc3)nc2OCc2ccc(OCc3csc(N4CCCCC4)n3)c(OC)c2)cs1. The summed E-state index contributed by atoms with van der Waals surface area (Å²) in [7, 11) is 1.65. The highest BCUT2D eigenvalue weighted by atomic mass is 32.1. The molecule has 1 saturated heterocycles. The zero-order valence-electron chi connectivity index (χ0n) is 24.4. The van der Waals surface area contributed by atoms with Crippen molar-refractivity contribution < 1.29 is 14.2 Å². The Morgan fingerprint density at radius 3 is 2.53 bits per heavy atom. The quantitative estimate of drug-likeness (QED) is 0.143. The van der Waals surface area contributed by atoms with Crippen LogP contribution < -0.4 is 19.1 Å². The summed E-state index contributed by atoms with van der Waals surface area (Å²) in [5.41, 5.74) is 4.63. The van der Waals surface area contributed by atoms with Crippen LogP contribution >= 0.6 is 22.7 Å². The van der Waals surface area contributed by atoms with Crippen LogP contribution in [0.15, 0.2) is 65.5 Å². The fourth-order valence-corrected chi connectivity index (χ4v) is 6.44. The van der Waals surface area contributed by atoms with Crippen molar-refractivity contribution in [2.24, 2.45) is 0 Å². The first-order valence-electron chi connectivity index (χ1n) is 14.6. The summed E-state index contributed by atoms with van der Waals surface area (Å²) < 4.78 is 19.9. The van der Waals surface area contributed by atoms with Gasteiger partial charge in [-0.2, -0.15) is 0 Å². The number of benzene rings is 2. The molecule has 43 heavy (non-hydrogen) atoms. The number of hydrogen-bond acceptors (Lipinski definition) is 9. The third kappa shape index (κ3) is 7.26. The summed E-state index contributed by atoms with van der Waals surface area (Å²) in [6.45, 7) is 5.00. The first-order chi connectivity index (χ1) is 21.2. The van der Waals surface area contributed by atoms with E-state index in [2.05, 4.69) is 27.6 Å². The Hall–Kier alpha value is -4.15. The van der Waals surface area contributed by atoms with Crippen molar-refractivity contribution in [1.29, 1.82) is 0 Å². The molecule has 0 amide bonds.